The van der Waals surface area contributed by atoms with Gasteiger partial charge in [0.1, 0.15) is 42.7 Å². The number of aromatic nitrogens is 3. The summed E-state index contributed by atoms with van der Waals surface area (Å²) in [5.41, 5.74) is 5.95. The molecule has 3 rings (SSSR count). The van der Waals surface area contributed by atoms with E-state index >= 15 is 0 Å². The summed E-state index contributed by atoms with van der Waals surface area (Å²) < 4.78 is 20.3. The molecule has 22 heavy (non-hydrogen) atoms. The highest BCUT2D eigenvalue weighted by Gasteiger charge is 2.56. The van der Waals surface area contributed by atoms with Gasteiger partial charge in [0.05, 0.1) is 10.9 Å². The molecular formula is C12H12FN5O4. The van der Waals surface area contributed by atoms with Crippen molar-refractivity contribution in [2.45, 2.75) is 24.3 Å². The molecule has 0 spiro atoms. The van der Waals surface area contributed by atoms with E-state index in [1.165, 1.54) is 10.8 Å². The van der Waals surface area contributed by atoms with Gasteiger partial charge in [0.15, 0.2) is 6.23 Å². The van der Waals surface area contributed by atoms with Gasteiger partial charge in [-0.05, 0) is 0 Å². The molecular weight excluding hydrogens is 297 g/mol. The Bertz CT molecular complexity index is 775. The van der Waals surface area contributed by atoms with Crippen LogP contribution in [0.1, 0.15) is 11.8 Å². The molecule has 4 atom stereocenters. The van der Waals surface area contributed by atoms with Gasteiger partial charge in [-0.1, -0.05) is 0 Å². The summed E-state index contributed by atoms with van der Waals surface area (Å²) in [6, 6.07) is 1.89. The van der Waals surface area contributed by atoms with Crippen LogP contribution in [0.4, 0.5) is 10.2 Å². The second kappa shape index (κ2) is 4.85. The van der Waals surface area contributed by atoms with Crippen molar-refractivity contribution < 1.29 is 24.4 Å². The summed E-state index contributed by atoms with van der Waals surface area (Å²) in [5, 5.41) is 38.1. The van der Waals surface area contributed by atoms with Crippen molar-refractivity contribution in [2.75, 3.05) is 12.3 Å². The number of hydrogen-bond donors (Lipinski definition) is 4. The first-order valence-corrected chi connectivity index (χ1v) is 6.27. The van der Waals surface area contributed by atoms with Crippen LogP contribution in [-0.4, -0.2) is 54.5 Å². The first kappa shape index (κ1) is 14.6. The van der Waals surface area contributed by atoms with Crippen LogP contribution in [0.15, 0.2) is 12.5 Å². The Morgan fingerprint density at radius 2 is 2.23 bits per heavy atom. The van der Waals surface area contributed by atoms with Gasteiger partial charge in [-0.25, -0.2) is 14.4 Å². The summed E-state index contributed by atoms with van der Waals surface area (Å²) in [6.07, 6.45) is -2.60. The highest BCUT2D eigenvalue weighted by Crippen LogP contribution is 2.40. The number of alkyl halides is 1. The molecule has 0 radical (unpaired) electrons. The smallest absolute Gasteiger partial charge is 0.263 e. The first-order chi connectivity index (χ1) is 10.4. The van der Waals surface area contributed by atoms with Gasteiger partial charge in [-0.15, -0.1) is 0 Å². The third-order valence-corrected chi connectivity index (χ3v) is 3.62. The van der Waals surface area contributed by atoms with Crippen molar-refractivity contribution in [3.8, 4) is 6.07 Å². The molecule has 116 valence electrons. The van der Waals surface area contributed by atoms with E-state index in [2.05, 4.69) is 9.97 Å². The number of nitrogens with two attached hydrogens (primary N) is 1. The fourth-order valence-corrected chi connectivity index (χ4v) is 2.49. The van der Waals surface area contributed by atoms with Crippen LogP contribution in [-0.2, 0) is 4.74 Å². The molecule has 9 nitrogen and oxygen atoms in total. The van der Waals surface area contributed by atoms with Crippen molar-refractivity contribution in [3.63, 3.8) is 0 Å². The number of nitrogens with zero attached hydrogens (tertiary/aromatic N) is 4. The standard InChI is InChI=1S/C12H12FN5O4/c13-12(3-19)8(21)7(20)11(22-12)18-2-5(1-14)6-9(15)16-4-17-10(6)18/h2,4,7-8,11,19-21H,3H2,(H2,15,16,17)/t7-,8+,11-,12-/m1/s1. The van der Waals surface area contributed by atoms with Crippen LogP contribution in [0.25, 0.3) is 11.0 Å². The Morgan fingerprint density at radius 1 is 1.50 bits per heavy atom. The maximum Gasteiger partial charge on any atom is 0.263 e. The third-order valence-electron chi connectivity index (χ3n) is 3.62. The molecule has 0 bridgehead atoms. The van der Waals surface area contributed by atoms with Crippen molar-refractivity contribution in [2.24, 2.45) is 0 Å². The highest BCUT2D eigenvalue weighted by molar-refractivity contribution is 5.91. The van der Waals surface area contributed by atoms with Crippen molar-refractivity contribution in [1.82, 2.24) is 14.5 Å². The number of aliphatic hydroxyl groups excluding tert-OH is 3. The van der Waals surface area contributed by atoms with Crippen LogP contribution >= 0.6 is 0 Å². The van der Waals surface area contributed by atoms with Gasteiger partial charge in [0.2, 0.25) is 0 Å². The maximum atomic E-state index is 14.2. The zero-order chi connectivity index (χ0) is 16.1. The zero-order valence-corrected chi connectivity index (χ0v) is 11.1. The van der Waals surface area contributed by atoms with E-state index < -0.39 is 30.9 Å². The lowest BCUT2D eigenvalue weighted by atomic mass is 10.1. The van der Waals surface area contributed by atoms with Gasteiger partial charge in [0.25, 0.3) is 5.85 Å². The van der Waals surface area contributed by atoms with Gasteiger partial charge in [0, 0.05) is 6.20 Å². The first-order valence-electron chi connectivity index (χ1n) is 6.27. The lowest BCUT2D eigenvalue weighted by molar-refractivity contribution is -0.206. The summed E-state index contributed by atoms with van der Waals surface area (Å²) in [6.45, 7) is -1.14. The average Bonchev–Trinajstić information content (AvgIpc) is 3.00. The third kappa shape index (κ3) is 1.84. The molecule has 3 heterocycles. The number of hydrogen-bond acceptors (Lipinski definition) is 8. The van der Waals surface area contributed by atoms with Crippen LogP contribution in [0.3, 0.4) is 0 Å². The lowest BCUT2D eigenvalue weighted by Crippen LogP contribution is -2.42. The number of anilines is 1. The van der Waals surface area contributed by atoms with E-state index in [0.717, 1.165) is 6.33 Å². The van der Waals surface area contributed by atoms with Gasteiger partial charge in [-0.2, -0.15) is 5.26 Å². The molecule has 10 heteroatoms. The number of nitrogen functional groups attached to an aromatic ring is 1. The Kier molecular flexibility index (Phi) is 3.22. The highest BCUT2D eigenvalue weighted by atomic mass is 19.2. The summed E-state index contributed by atoms with van der Waals surface area (Å²) in [4.78, 5) is 7.72. The molecule has 1 fully saturated rings. The predicted octanol–water partition coefficient (Wildman–Crippen LogP) is -1.21. The quantitative estimate of drug-likeness (QED) is 0.540. The van der Waals surface area contributed by atoms with E-state index in [-0.39, 0.29) is 22.4 Å². The number of aliphatic hydroxyl groups is 3. The van der Waals surface area contributed by atoms with E-state index in [0.29, 0.717) is 0 Å². The number of ether oxygens (including phenoxy) is 1. The Hall–Kier alpha value is -2.32. The molecule has 0 amide bonds. The number of rotatable bonds is 2. The normalized spacial score (nSPS) is 31.5. The summed E-state index contributed by atoms with van der Waals surface area (Å²) >= 11 is 0. The van der Waals surface area contributed by atoms with Crippen LogP contribution < -0.4 is 5.73 Å². The Balaban J connectivity index is 2.16. The second-order valence-electron chi connectivity index (χ2n) is 4.91. The van der Waals surface area contributed by atoms with Crippen molar-refractivity contribution in [1.29, 1.82) is 5.26 Å². The van der Waals surface area contributed by atoms with E-state index in [9.17, 15) is 14.6 Å². The predicted molar refractivity (Wildman–Crippen MR) is 69.7 cm³/mol. The molecule has 0 unspecified atom stereocenters. The van der Waals surface area contributed by atoms with E-state index in [1.807, 2.05) is 6.07 Å². The van der Waals surface area contributed by atoms with E-state index in [4.69, 9.17) is 20.8 Å². The zero-order valence-electron chi connectivity index (χ0n) is 11.1. The summed E-state index contributed by atoms with van der Waals surface area (Å²) in [7, 11) is 0. The largest absolute Gasteiger partial charge is 0.390 e. The van der Waals surface area contributed by atoms with Gasteiger partial charge < -0.3 is 30.4 Å². The number of fused-ring (bicyclic) bond motifs is 1. The molecule has 2 aromatic heterocycles. The Morgan fingerprint density at radius 3 is 2.82 bits per heavy atom. The van der Waals surface area contributed by atoms with Crippen molar-refractivity contribution >= 4 is 16.9 Å². The van der Waals surface area contributed by atoms with Crippen LogP contribution in [0, 0.1) is 11.3 Å². The number of nitriles is 1. The second-order valence-corrected chi connectivity index (χ2v) is 4.91. The minimum atomic E-state index is -2.81. The summed E-state index contributed by atoms with van der Waals surface area (Å²) in [5.74, 6) is -2.77. The average molecular weight is 309 g/mol. The minimum Gasteiger partial charge on any atom is -0.390 e. The van der Waals surface area contributed by atoms with Crippen molar-refractivity contribution in [3.05, 3.63) is 18.1 Å². The topological polar surface area (TPSA) is 150 Å². The van der Waals surface area contributed by atoms with Gasteiger partial charge >= 0.3 is 0 Å². The fourth-order valence-electron chi connectivity index (χ4n) is 2.49. The Labute approximate surface area is 123 Å². The molecule has 1 aliphatic heterocycles. The van der Waals surface area contributed by atoms with Gasteiger partial charge in [-0.3, -0.25) is 0 Å². The van der Waals surface area contributed by atoms with E-state index in [1.54, 1.807) is 0 Å². The van der Waals surface area contributed by atoms with Crippen LogP contribution in [0.5, 0.6) is 0 Å². The lowest BCUT2D eigenvalue weighted by Gasteiger charge is -2.19. The molecule has 0 aliphatic carbocycles. The molecule has 1 aliphatic rings. The fraction of sp³-hybridized carbons (Fsp3) is 0.417. The van der Waals surface area contributed by atoms with Crippen LogP contribution in [0.2, 0.25) is 0 Å². The maximum absolute atomic E-state index is 14.2. The monoisotopic (exact) mass is 309 g/mol. The SMILES string of the molecule is N#Cc1cn([C@@H]2O[C@](F)(CO)[C@@H](O)[C@H]2O)c2ncnc(N)c12. The molecule has 0 aromatic carbocycles. The molecule has 2 aromatic rings. The molecule has 1 saturated heterocycles. The number of halogens is 1. The molecule has 0 saturated carbocycles. The molecule has 5 N–H and O–H groups in total. The minimum absolute atomic E-state index is 0.0435.